The van der Waals surface area contributed by atoms with Crippen molar-refractivity contribution < 1.29 is 0 Å². The van der Waals surface area contributed by atoms with Crippen LogP contribution in [0.3, 0.4) is 0 Å². The van der Waals surface area contributed by atoms with E-state index in [1.807, 2.05) is 0 Å². The van der Waals surface area contributed by atoms with Crippen molar-refractivity contribution in [1.82, 2.24) is 4.57 Å². The lowest BCUT2D eigenvalue weighted by atomic mass is 9.95. The van der Waals surface area contributed by atoms with Gasteiger partial charge in [0, 0.05) is 16.5 Å². The van der Waals surface area contributed by atoms with Crippen LogP contribution in [0.5, 0.6) is 0 Å². The highest BCUT2D eigenvalue weighted by molar-refractivity contribution is 6.22. The quantitative estimate of drug-likeness (QED) is 0.222. The van der Waals surface area contributed by atoms with E-state index in [4.69, 9.17) is 0 Å². The third kappa shape index (κ3) is 3.04. The molecule has 1 aromatic heterocycles. The second-order valence-electron chi connectivity index (χ2n) is 9.81. The zero-order valence-corrected chi connectivity index (χ0v) is 20.2. The number of para-hydroxylation sites is 2. The number of benzene rings is 7. The summed E-state index contributed by atoms with van der Waals surface area (Å²) in [6.45, 7) is 0. The fourth-order valence-electron chi connectivity index (χ4n) is 6.01. The summed E-state index contributed by atoms with van der Waals surface area (Å²) in [5.41, 5.74) is 6.15. The Hall–Kier alpha value is -4.88. The Morgan fingerprint density at radius 2 is 0.973 bits per heavy atom. The summed E-state index contributed by atoms with van der Waals surface area (Å²) in [6, 6.07) is 50.8. The summed E-state index contributed by atoms with van der Waals surface area (Å²) in [4.78, 5) is 0. The SMILES string of the molecule is c1ccc(-n2c3ccccc3c3c4cc(-c5ccc6c(ccc7ccccc76)c5)ccc4ccc32)cc1. The van der Waals surface area contributed by atoms with Crippen LogP contribution in [0.25, 0.3) is 70.9 Å². The molecule has 0 unspecified atom stereocenters. The monoisotopic (exact) mass is 469 g/mol. The minimum atomic E-state index is 1.19. The minimum absolute atomic E-state index is 1.19. The van der Waals surface area contributed by atoms with Crippen LogP contribution >= 0.6 is 0 Å². The van der Waals surface area contributed by atoms with Gasteiger partial charge in [-0.15, -0.1) is 0 Å². The number of nitrogens with zero attached hydrogens (tertiary/aromatic N) is 1. The van der Waals surface area contributed by atoms with Crippen molar-refractivity contribution >= 4 is 54.1 Å². The van der Waals surface area contributed by atoms with Crippen molar-refractivity contribution in [2.24, 2.45) is 0 Å². The van der Waals surface area contributed by atoms with Gasteiger partial charge in [0.15, 0.2) is 0 Å². The van der Waals surface area contributed by atoms with Crippen molar-refractivity contribution in [2.75, 3.05) is 0 Å². The molecule has 0 saturated heterocycles. The Morgan fingerprint density at radius 3 is 1.89 bits per heavy atom. The van der Waals surface area contributed by atoms with Crippen molar-refractivity contribution in [2.45, 2.75) is 0 Å². The normalized spacial score (nSPS) is 11.8. The minimum Gasteiger partial charge on any atom is -0.309 e. The van der Waals surface area contributed by atoms with Crippen LogP contribution in [0.4, 0.5) is 0 Å². The van der Waals surface area contributed by atoms with Gasteiger partial charge < -0.3 is 4.57 Å². The molecule has 0 spiro atoms. The Bertz CT molecular complexity index is 2130. The smallest absolute Gasteiger partial charge is 0.0547 e. The topological polar surface area (TPSA) is 4.93 Å². The van der Waals surface area contributed by atoms with E-state index in [9.17, 15) is 0 Å². The van der Waals surface area contributed by atoms with Gasteiger partial charge in [0.05, 0.1) is 11.0 Å². The van der Waals surface area contributed by atoms with E-state index in [1.165, 1.54) is 70.9 Å². The van der Waals surface area contributed by atoms with Gasteiger partial charge in [-0.1, -0.05) is 103 Å². The van der Waals surface area contributed by atoms with Crippen LogP contribution in [-0.4, -0.2) is 4.57 Å². The summed E-state index contributed by atoms with van der Waals surface area (Å²) in [7, 11) is 0. The summed E-state index contributed by atoms with van der Waals surface area (Å²) in [6.07, 6.45) is 0. The molecule has 0 bridgehead atoms. The molecule has 7 aromatic carbocycles. The fourth-order valence-corrected chi connectivity index (χ4v) is 6.01. The van der Waals surface area contributed by atoms with E-state index in [-0.39, 0.29) is 0 Å². The lowest BCUT2D eigenvalue weighted by molar-refractivity contribution is 1.18. The van der Waals surface area contributed by atoms with Gasteiger partial charge in [-0.2, -0.15) is 0 Å². The zero-order chi connectivity index (χ0) is 24.3. The molecule has 0 N–H and O–H groups in total. The lowest BCUT2D eigenvalue weighted by Gasteiger charge is -2.10. The van der Waals surface area contributed by atoms with E-state index in [1.54, 1.807) is 0 Å². The first kappa shape index (κ1) is 20.3. The van der Waals surface area contributed by atoms with Crippen LogP contribution < -0.4 is 0 Å². The number of hydrogen-bond acceptors (Lipinski definition) is 0. The predicted molar refractivity (Wildman–Crippen MR) is 159 cm³/mol. The van der Waals surface area contributed by atoms with Gasteiger partial charge >= 0.3 is 0 Å². The first-order valence-electron chi connectivity index (χ1n) is 12.8. The van der Waals surface area contributed by atoms with E-state index in [2.05, 4.69) is 144 Å². The van der Waals surface area contributed by atoms with E-state index >= 15 is 0 Å². The summed E-state index contributed by atoms with van der Waals surface area (Å²) in [5, 5.41) is 10.3. The molecule has 0 radical (unpaired) electrons. The third-order valence-corrected chi connectivity index (χ3v) is 7.75. The predicted octanol–water partition coefficient (Wildman–Crippen LogP) is 9.91. The maximum atomic E-state index is 2.39. The fraction of sp³-hybridized carbons (Fsp3) is 0. The average molecular weight is 470 g/mol. The van der Waals surface area contributed by atoms with Gasteiger partial charge in [-0.05, 0) is 79.8 Å². The summed E-state index contributed by atoms with van der Waals surface area (Å²) < 4.78 is 2.39. The second kappa shape index (κ2) is 7.81. The van der Waals surface area contributed by atoms with E-state index in [0.717, 1.165) is 0 Å². The van der Waals surface area contributed by atoms with Crippen LogP contribution in [0.15, 0.2) is 140 Å². The van der Waals surface area contributed by atoms with Crippen LogP contribution in [0.2, 0.25) is 0 Å². The van der Waals surface area contributed by atoms with E-state index < -0.39 is 0 Å². The lowest BCUT2D eigenvalue weighted by Crippen LogP contribution is -1.92. The first-order valence-corrected chi connectivity index (χ1v) is 12.8. The number of rotatable bonds is 2. The molecule has 8 aromatic rings. The van der Waals surface area contributed by atoms with Gasteiger partial charge in [-0.3, -0.25) is 0 Å². The molecule has 37 heavy (non-hydrogen) atoms. The summed E-state index contributed by atoms with van der Waals surface area (Å²) >= 11 is 0. The molecule has 0 atom stereocenters. The summed E-state index contributed by atoms with van der Waals surface area (Å²) in [5.74, 6) is 0. The van der Waals surface area contributed by atoms with Gasteiger partial charge in [0.2, 0.25) is 0 Å². The maximum absolute atomic E-state index is 2.39. The molecule has 0 saturated carbocycles. The molecule has 172 valence electrons. The molecule has 0 fully saturated rings. The second-order valence-corrected chi connectivity index (χ2v) is 9.81. The largest absolute Gasteiger partial charge is 0.309 e. The molecule has 1 heteroatoms. The van der Waals surface area contributed by atoms with Gasteiger partial charge in [0.25, 0.3) is 0 Å². The average Bonchev–Trinajstić information content (AvgIpc) is 3.32. The number of aromatic nitrogens is 1. The molecular weight excluding hydrogens is 446 g/mol. The molecule has 8 rings (SSSR count). The first-order chi connectivity index (χ1) is 18.3. The van der Waals surface area contributed by atoms with Crippen molar-refractivity contribution in [3.05, 3.63) is 140 Å². The molecule has 0 aliphatic carbocycles. The van der Waals surface area contributed by atoms with E-state index in [0.29, 0.717) is 0 Å². The Balaban J connectivity index is 1.40. The van der Waals surface area contributed by atoms with Crippen molar-refractivity contribution in [1.29, 1.82) is 0 Å². The molecular formula is C36H23N. The molecule has 1 heterocycles. The third-order valence-electron chi connectivity index (χ3n) is 7.75. The Labute approximate surface area is 214 Å². The molecule has 0 aliphatic heterocycles. The van der Waals surface area contributed by atoms with Crippen LogP contribution in [0, 0.1) is 0 Å². The Morgan fingerprint density at radius 1 is 0.351 bits per heavy atom. The van der Waals surface area contributed by atoms with Crippen molar-refractivity contribution in [3.8, 4) is 16.8 Å². The Kier molecular flexibility index (Phi) is 4.29. The molecule has 0 amide bonds. The van der Waals surface area contributed by atoms with Crippen molar-refractivity contribution in [3.63, 3.8) is 0 Å². The molecule has 1 nitrogen and oxygen atoms in total. The molecule has 0 aliphatic rings. The highest BCUT2D eigenvalue weighted by Gasteiger charge is 2.15. The van der Waals surface area contributed by atoms with Crippen LogP contribution in [0.1, 0.15) is 0 Å². The van der Waals surface area contributed by atoms with Gasteiger partial charge in [-0.25, -0.2) is 0 Å². The standard InChI is InChI=1S/C36H23N/c1-2-9-29(10-3-1)37-34-13-7-6-12-32(34)36-33-23-27(16-14-25(33)19-21-35(36)37)26-18-20-31-28(22-26)17-15-24-8-4-5-11-30(24)31/h1-23H. The number of fused-ring (bicyclic) bond motifs is 8. The van der Waals surface area contributed by atoms with Crippen LogP contribution in [-0.2, 0) is 0 Å². The maximum Gasteiger partial charge on any atom is 0.0547 e. The highest BCUT2D eigenvalue weighted by Crippen LogP contribution is 2.38. The highest BCUT2D eigenvalue weighted by atomic mass is 15.0. The zero-order valence-electron chi connectivity index (χ0n) is 20.2. The number of hydrogen-bond donors (Lipinski definition) is 0. The van der Waals surface area contributed by atoms with Gasteiger partial charge in [0.1, 0.15) is 0 Å².